The van der Waals surface area contributed by atoms with Crippen LogP contribution in [0.1, 0.15) is 37.3 Å². The van der Waals surface area contributed by atoms with Gasteiger partial charge in [-0.25, -0.2) is 0 Å². The summed E-state index contributed by atoms with van der Waals surface area (Å²) in [6.45, 7) is 5.33. The number of hydrogen-bond donors (Lipinski definition) is 2. The average molecular weight is 264 g/mol. The van der Waals surface area contributed by atoms with Crippen LogP contribution in [-0.4, -0.2) is 25.7 Å². The van der Waals surface area contributed by atoms with E-state index in [0.717, 1.165) is 5.56 Å². The predicted molar refractivity (Wildman–Crippen MR) is 76.8 cm³/mol. The van der Waals surface area contributed by atoms with Crippen LogP contribution in [0.25, 0.3) is 0 Å². The van der Waals surface area contributed by atoms with Crippen LogP contribution < -0.4 is 11.1 Å². The molecule has 19 heavy (non-hydrogen) atoms. The molecule has 0 saturated heterocycles. The van der Waals surface area contributed by atoms with E-state index in [-0.39, 0.29) is 5.91 Å². The fraction of sp³-hybridized carbons (Fsp3) is 0.533. The van der Waals surface area contributed by atoms with Gasteiger partial charge in [-0.1, -0.05) is 38.1 Å². The van der Waals surface area contributed by atoms with Crippen molar-refractivity contribution in [2.75, 3.05) is 13.7 Å². The molecule has 0 aliphatic rings. The van der Waals surface area contributed by atoms with Gasteiger partial charge in [0.2, 0.25) is 5.91 Å². The Labute approximate surface area is 115 Å². The molecule has 0 aliphatic heterocycles. The fourth-order valence-electron chi connectivity index (χ4n) is 1.72. The van der Waals surface area contributed by atoms with Crippen LogP contribution in [0, 0.1) is 0 Å². The highest BCUT2D eigenvalue weighted by molar-refractivity contribution is 5.81. The van der Waals surface area contributed by atoms with Gasteiger partial charge in [0.1, 0.15) is 0 Å². The normalized spacial score (nSPS) is 12.5. The van der Waals surface area contributed by atoms with Crippen molar-refractivity contribution in [1.82, 2.24) is 5.32 Å². The Morgan fingerprint density at radius 1 is 1.32 bits per heavy atom. The molecule has 1 aromatic rings. The molecule has 4 nitrogen and oxygen atoms in total. The van der Waals surface area contributed by atoms with Crippen LogP contribution in [0.5, 0.6) is 0 Å². The monoisotopic (exact) mass is 264 g/mol. The Morgan fingerprint density at radius 2 is 1.95 bits per heavy atom. The number of rotatable bonds is 7. The zero-order valence-electron chi connectivity index (χ0n) is 12.0. The third-order valence-electron chi connectivity index (χ3n) is 3.08. The van der Waals surface area contributed by atoms with Crippen LogP contribution >= 0.6 is 0 Å². The highest BCUT2D eigenvalue weighted by atomic mass is 16.5. The molecular formula is C15H24N2O2. The van der Waals surface area contributed by atoms with Crippen molar-refractivity contribution in [2.45, 2.75) is 38.8 Å². The first-order valence-corrected chi connectivity index (χ1v) is 6.65. The second kappa shape index (κ2) is 7.92. The van der Waals surface area contributed by atoms with Crippen molar-refractivity contribution in [3.63, 3.8) is 0 Å². The Hall–Kier alpha value is -1.39. The first-order valence-electron chi connectivity index (χ1n) is 6.65. The van der Waals surface area contributed by atoms with E-state index in [1.165, 1.54) is 5.56 Å². The van der Waals surface area contributed by atoms with Gasteiger partial charge >= 0.3 is 0 Å². The Kier molecular flexibility index (Phi) is 6.53. The van der Waals surface area contributed by atoms with Crippen LogP contribution in [0.4, 0.5) is 0 Å². The van der Waals surface area contributed by atoms with Crippen molar-refractivity contribution in [2.24, 2.45) is 5.73 Å². The van der Waals surface area contributed by atoms with Gasteiger partial charge in [-0.3, -0.25) is 4.79 Å². The number of methoxy groups -OCH3 is 1. The second-order valence-corrected chi connectivity index (χ2v) is 5.00. The van der Waals surface area contributed by atoms with Gasteiger partial charge < -0.3 is 15.8 Å². The lowest BCUT2D eigenvalue weighted by atomic mass is 10.0. The highest BCUT2D eigenvalue weighted by Gasteiger charge is 2.12. The predicted octanol–water partition coefficient (Wildman–Crippen LogP) is 1.79. The van der Waals surface area contributed by atoms with E-state index in [9.17, 15) is 4.79 Å². The number of hydrogen-bond acceptors (Lipinski definition) is 3. The fourth-order valence-corrected chi connectivity index (χ4v) is 1.72. The summed E-state index contributed by atoms with van der Waals surface area (Å²) in [5.41, 5.74) is 8.12. The van der Waals surface area contributed by atoms with E-state index < -0.39 is 6.04 Å². The lowest BCUT2D eigenvalue weighted by Gasteiger charge is -2.12. The molecule has 0 fully saturated rings. The molecule has 1 atom stereocenters. The average Bonchev–Trinajstić information content (AvgIpc) is 2.42. The van der Waals surface area contributed by atoms with E-state index >= 15 is 0 Å². The highest BCUT2D eigenvalue weighted by Crippen LogP contribution is 2.14. The van der Waals surface area contributed by atoms with Crippen LogP contribution in [0.3, 0.4) is 0 Å². The van der Waals surface area contributed by atoms with E-state index in [0.29, 0.717) is 25.5 Å². The quantitative estimate of drug-likeness (QED) is 0.789. The molecule has 0 aromatic heterocycles. The summed E-state index contributed by atoms with van der Waals surface area (Å²) in [7, 11) is 1.60. The molecule has 1 amide bonds. The molecular weight excluding hydrogens is 240 g/mol. The van der Waals surface area contributed by atoms with Crippen molar-refractivity contribution in [1.29, 1.82) is 0 Å². The molecule has 1 aromatic carbocycles. The van der Waals surface area contributed by atoms with Crippen LogP contribution in [-0.2, 0) is 16.1 Å². The Balaban J connectivity index is 2.41. The van der Waals surface area contributed by atoms with Crippen LogP contribution in [0.2, 0.25) is 0 Å². The van der Waals surface area contributed by atoms with Crippen molar-refractivity contribution in [3.05, 3.63) is 35.4 Å². The Morgan fingerprint density at radius 3 is 2.47 bits per heavy atom. The summed E-state index contributed by atoms with van der Waals surface area (Å²) in [6, 6.07) is 7.76. The zero-order valence-corrected chi connectivity index (χ0v) is 12.0. The molecule has 1 unspecified atom stereocenters. The van der Waals surface area contributed by atoms with Crippen molar-refractivity contribution < 1.29 is 9.53 Å². The first kappa shape index (κ1) is 15.7. The van der Waals surface area contributed by atoms with Gasteiger partial charge in [0.15, 0.2) is 0 Å². The third-order valence-corrected chi connectivity index (χ3v) is 3.08. The van der Waals surface area contributed by atoms with Crippen LogP contribution in [0.15, 0.2) is 24.3 Å². The molecule has 0 aliphatic carbocycles. The standard InChI is InChI=1S/C15H24N2O2/c1-11(2)13-6-4-12(5-7-13)10-17-15(18)14(16)8-9-19-3/h4-7,11,14H,8-10,16H2,1-3H3,(H,17,18). The van der Waals surface area contributed by atoms with Gasteiger partial charge in [-0.2, -0.15) is 0 Å². The molecule has 0 saturated carbocycles. The number of benzene rings is 1. The molecule has 0 bridgehead atoms. The van der Waals surface area contributed by atoms with Gasteiger partial charge in [0.05, 0.1) is 6.04 Å². The lowest BCUT2D eigenvalue weighted by Crippen LogP contribution is -2.40. The Bertz CT molecular complexity index is 388. The summed E-state index contributed by atoms with van der Waals surface area (Å²) in [5.74, 6) is 0.385. The molecule has 0 heterocycles. The minimum absolute atomic E-state index is 0.134. The third kappa shape index (κ3) is 5.41. The van der Waals surface area contributed by atoms with E-state index in [2.05, 4.69) is 31.3 Å². The summed E-state index contributed by atoms with van der Waals surface area (Å²) < 4.78 is 4.90. The lowest BCUT2D eigenvalue weighted by molar-refractivity contribution is -0.122. The number of nitrogens with one attached hydrogen (secondary N) is 1. The molecule has 0 spiro atoms. The minimum atomic E-state index is -0.505. The van der Waals surface area contributed by atoms with Gasteiger partial charge in [-0.15, -0.1) is 0 Å². The molecule has 0 radical (unpaired) electrons. The maximum atomic E-state index is 11.7. The topological polar surface area (TPSA) is 64.3 Å². The van der Waals surface area contributed by atoms with Crippen molar-refractivity contribution in [3.8, 4) is 0 Å². The molecule has 1 rings (SSSR count). The smallest absolute Gasteiger partial charge is 0.237 e. The second-order valence-electron chi connectivity index (χ2n) is 5.00. The summed E-state index contributed by atoms with van der Waals surface area (Å²) >= 11 is 0. The maximum Gasteiger partial charge on any atom is 0.237 e. The van der Waals surface area contributed by atoms with Crippen molar-refractivity contribution >= 4 is 5.91 Å². The number of ether oxygens (including phenoxy) is 1. The van der Waals surface area contributed by atoms with E-state index in [1.54, 1.807) is 7.11 Å². The maximum absolute atomic E-state index is 11.7. The largest absolute Gasteiger partial charge is 0.385 e. The van der Waals surface area contributed by atoms with E-state index in [4.69, 9.17) is 10.5 Å². The molecule has 3 N–H and O–H groups in total. The number of carbonyl (C=O) groups excluding carboxylic acids is 1. The molecule has 4 heteroatoms. The van der Waals surface area contributed by atoms with E-state index in [1.807, 2.05) is 12.1 Å². The SMILES string of the molecule is COCCC(N)C(=O)NCc1ccc(C(C)C)cc1. The summed E-state index contributed by atoms with van der Waals surface area (Å²) in [4.78, 5) is 11.7. The minimum Gasteiger partial charge on any atom is -0.385 e. The first-order chi connectivity index (χ1) is 9.04. The van der Waals surface area contributed by atoms with Gasteiger partial charge in [0.25, 0.3) is 0 Å². The number of amides is 1. The number of nitrogens with two attached hydrogens (primary N) is 1. The molecule has 106 valence electrons. The van der Waals surface area contributed by atoms with Gasteiger partial charge in [0, 0.05) is 20.3 Å². The number of carbonyl (C=O) groups is 1. The zero-order chi connectivity index (χ0) is 14.3. The summed E-state index contributed by atoms with van der Waals surface area (Å²) in [5, 5.41) is 2.84. The summed E-state index contributed by atoms with van der Waals surface area (Å²) in [6.07, 6.45) is 0.536. The van der Waals surface area contributed by atoms with Gasteiger partial charge in [-0.05, 0) is 23.5 Å².